The number of hydrogen-bond acceptors (Lipinski definition) is 3. The molecule has 0 spiro atoms. The predicted octanol–water partition coefficient (Wildman–Crippen LogP) is 1.93. The number of rotatable bonds is 5. The Hall–Kier alpha value is -2.08. The minimum absolute atomic E-state index is 0.00220. The van der Waals surface area contributed by atoms with Crippen molar-refractivity contribution < 1.29 is 14.4 Å². The van der Waals surface area contributed by atoms with Crippen LogP contribution in [0.5, 0.6) is 0 Å². The summed E-state index contributed by atoms with van der Waals surface area (Å²) in [4.78, 5) is 39.9. The summed E-state index contributed by atoms with van der Waals surface area (Å²) in [5.41, 5.74) is 0.463. The van der Waals surface area contributed by atoms with Crippen molar-refractivity contribution in [2.75, 3.05) is 32.7 Å². The average molecular weight is 378 g/mol. The highest BCUT2D eigenvalue weighted by atomic mass is 35.5. The van der Waals surface area contributed by atoms with Gasteiger partial charge < -0.3 is 15.1 Å². The molecule has 1 unspecified atom stereocenters. The smallest absolute Gasteiger partial charge is 0.252 e. The lowest BCUT2D eigenvalue weighted by atomic mass is 9.97. The maximum Gasteiger partial charge on any atom is 0.252 e. The van der Waals surface area contributed by atoms with Crippen LogP contribution in [-0.2, 0) is 9.59 Å². The molecule has 0 bridgehead atoms. The van der Waals surface area contributed by atoms with E-state index in [4.69, 9.17) is 11.6 Å². The number of piperidine rings is 1. The van der Waals surface area contributed by atoms with Gasteiger partial charge in [-0.2, -0.15) is 0 Å². The predicted molar refractivity (Wildman–Crippen MR) is 98.9 cm³/mol. The van der Waals surface area contributed by atoms with Gasteiger partial charge in [0.1, 0.15) is 0 Å². The molecule has 0 aromatic heterocycles. The first-order chi connectivity index (χ1) is 12.5. The molecule has 26 heavy (non-hydrogen) atoms. The van der Waals surface area contributed by atoms with E-state index in [1.165, 1.54) is 0 Å². The Morgan fingerprint density at radius 1 is 1.19 bits per heavy atom. The summed E-state index contributed by atoms with van der Waals surface area (Å²) in [6.07, 6.45) is 3.26. The van der Waals surface area contributed by atoms with Gasteiger partial charge in [-0.15, -0.1) is 0 Å². The van der Waals surface area contributed by atoms with Crippen molar-refractivity contribution in [1.82, 2.24) is 15.1 Å². The van der Waals surface area contributed by atoms with E-state index in [1.807, 2.05) is 4.90 Å². The fraction of sp³-hybridized carbons (Fsp3) is 0.526. The summed E-state index contributed by atoms with van der Waals surface area (Å²) >= 11 is 6.05. The molecule has 7 heteroatoms. The van der Waals surface area contributed by atoms with E-state index in [2.05, 4.69) is 5.32 Å². The van der Waals surface area contributed by atoms with Gasteiger partial charge in [-0.1, -0.05) is 23.7 Å². The number of amides is 3. The second kappa shape index (κ2) is 8.54. The molecular weight excluding hydrogens is 354 g/mol. The third kappa shape index (κ3) is 4.55. The van der Waals surface area contributed by atoms with E-state index >= 15 is 0 Å². The van der Waals surface area contributed by atoms with Crippen LogP contribution in [0.4, 0.5) is 0 Å². The summed E-state index contributed by atoms with van der Waals surface area (Å²) in [7, 11) is 0. The number of carbonyl (C=O) groups is 3. The molecule has 2 aliphatic heterocycles. The van der Waals surface area contributed by atoms with Gasteiger partial charge in [0.05, 0.1) is 17.1 Å². The van der Waals surface area contributed by atoms with Crippen molar-refractivity contribution in [2.45, 2.75) is 25.7 Å². The van der Waals surface area contributed by atoms with E-state index < -0.39 is 0 Å². The van der Waals surface area contributed by atoms with Crippen molar-refractivity contribution in [3.63, 3.8) is 0 Å². The van der Waals surface area contributed by atoms with Crippen molar-refractivity contribution in [3.05, 3.63) is 34.9 Å². The number of nitrogens with one attached hydrogen (secondary N) is 1. The van der Waals surface area contributed by atoms with E-state index in [0.29, 0.717) is 36.6 Å². The van der Waals surface area contributed by atoms with Crippen molar-refractivity contribution in [3.8, 4) is 0 Å². The van der Waals surface area contributed by atoms with E-state index in [1.54, 1.807) is 29.2 Å². The largest absolute Gasteiger partial charge is 0.352 e. The van der Waals surface area contributed by atoms with Gasteiger partial charge in [0.15, 0.2) is 0 Å². The van der Waals surface area contributed by atoms with Crippen LogP contribution in [0.1, 0.15) is 36.0 Å². The van der Waals surface area contributed by atoms with Gasteiger partial charge in [0.2, 0.25) is 11.8 Å². The lowest BCUT2D eigenvalue weighted by molar-refractivity contribution is -0.139. The lowest BCUT2D eigenvalue weighted by Crippen LogP contribution is -2.47. The molecule has 1 N–H and O–H groups in total. The van der Waals surface area contributed by atoms with E-state index in [-0.39, 0.29) is 30.2 Å². The summed E-state index contributed by atoms with van der Waals surface area (Å²) in [5, 5.41) is 3.35. The zero-order valence-electron chi connectivity index (χ0n) is 14.7. The number of hydrogen-bond donors (Lipinski definition) is 1. The second-order valence-electron chi connectivity index (χ2n) is 6.96. The van der Waals surface area contributed by atoms with Crippen molar-refractivity contribution in [2.24, 2.45) is 5.92 Å². The molecule has 1 aromatic rings. The first-order valence-electron chi connectivity index (χ1n) is 9.13. The molecule has 0 radical (unpaired) electrons. The maximum absolute atomic E-state index is 12.5. The molecule has 0 saturated carbocycles. The first-order valence-corrected chi connectivity index (χ1v) is 9.50. The van der Waals surface area contributed by atoms with Crippen LogP contribution in [0.15, 0.2) is 24.3 Å². The Bertz CT molecular complexity index is 694. The van der Waals surface area contributed by atoms with Crippen LogP contribution in [0.2, 0.25) is 5.02 Å². The highest BCUT2D eigenvalue weighted by molar-refractivity contribution is 6.33. The lowest BCUT2D eigenvalue weighted by Gasteiger charge is -2.34. The molecule has 3 amide bonds. The molecule has 1 atom stereocenters. The van der Waals surface area contributed by atoms with Crippen LogP contribution in [0.3, 0.4) is 0 Å². The SMILES string of the molecule is O=C(NCC1CCCN(C(=O)CN2CCCC2=O)C1)c1ccccc1Cl. The van der Waals surface area contributed by atoms with Gasteiger partial charge in [0.25, 0.3) is 5.91 Å². The standard InChI is InChI=1S/C19H24ClN3O3/c20-16-7-2-1-6-15(16)19(26)21-11-14-5-3-9-22(12-14)18(25)13-23-10-4-8-17(23)24/h1-2,6-7,14H,3-5,8-13H2,(H,21,26). The van der Waals surface area contributed by atoms with Gasteiger partial charge in [-0.25, -0.2) is 0 Å². The topological polar surface area (TPSA) is 69.7 Å². The van der Waals surface area contributed by atoms with Crippen molar-refractivity contribution in [1.29, 1.82) is 0 Å². The zero-order chi connectivity index (χ0) is 18.5. The molecular formula is C19H24ClN3O3. The molecule has 2 aliphatic rings. The van der Waals surface area contributed by atoms with Crippen LogP contribution < -0.4 is 5.32 Å². The third-order valence-corrected chi connectivity index (χ3v) is 5.37. The molecule has 0 aliphatic carbocycles. The summed E-state index contributed by atoms with van der Waals surface area (Å²) in [6, 6.07) is 6.95. The fourth-order valence-electron chi connectivity index (χ4n) is 3.57. The summed E-state index contributed by atoms with van der Waals surface area (Å²) in [5.74, 6) is 0.0939. The summed E-state index contributed by atoms with van der Waals surface area (Å²) < 4.78 is 0. The monoisotopic (exact) mass is 377 g/mol. The molecule has 3 rings (SSSR count). The number of carbonyl (C=O) groups excluding carboxylic acids is 3. The Balaban J connectivity index is 1.49. The highest BCUT2D eigenvalue weighted by Crippen LogP contribution is 2.18. The molecule has 2 fully saturated rings. The third-order valence-electron chi connectivity index (χ3n) is 5.04. The Morgan fingerprint density at radius 2 is 2.00 bits per heavy atom. The molecule has 1 aromatic carbocycles. The normalized spacial score (nSPS) is 20.3. The van der Waals surface area contributed by atoms with Gasteiger partial charge in [-0.05, 0) is 37.3 Å². The molecule has 6 nitrogen and oxygen atoms in total. The minimum atomic E-state index is -0.193. The van der Waals surface area contributed by atoms with Crippen LogP contribution in [-0.4, -0.2) is 60.2 Å². The van der Waals surface area contributed by atoms with Gasteiger partial charge >= 0.3 is 0 Å². The number of nitrogens with zero attached hydrogens (tertiary/aromatic N) is 2. The molecule has 140 valence electrons. The average Bonchev–Trinajstić information content (AvgIpc) is 3.05. The first kappa shape index (κ1) is 18.7. The van der Waals surface area contributed by atoms with Crippen LogP contribution in [0.25, 0.3) is 0 Å². The number of likely N-dealkylation sites (tertiary alicyclic amines) is 2. The van der Waals surface area contributed by atoms with Gasteiger partial charge in [0, 0.05) is 32.6 Å². The van der Waals surface area contributed by atoms with E-state index in [0.717, 1.165) is 25.8 Å². The fourth-order valence-corrected chi connectivity index (χ4v) is 3.79. The van der Waals surface area contributed by atoms with E-state index in [9.17, 15) is 14.4 Å². The Kier molecular flexibility index (Phi) is 6.14. The quantitative estimate of drug-likeness (QED) is 0.852. The van der Waals surface area contributed by atoms with Gasteiger partial charge in [-0.3, -0.25) is 14.4 Å². The maximum atomic E-state index is 12.5. The van der Waals surface area contributed by atoms with Crippen molar-refractivity contribution >= 4 is 29.3 Å². The number of halogens is 1. The second-order valence-corrected chi connectivity index (χ2v) is 7.36. The van der Waals surface area contributed by atoms with Crippen LogP contribution in [0, 0.1) is 5.92 Å². The minimum Gasteiger partial charge on any atom is -0.352 e. The number of benzene rings is 1. The Morgan fingerprint density at radius 3 is 2.73 bits per heavy atom. The Labute approximate surface area is 158 Å². The van der Waals surface area contributed by atoms with Crippen LogP contribution >= 0.6 is 11.6 Å². The highest BCUT2D eigenvalue weighted by Gasteiger charge is 2.28. The molecule has 2 heterocycles. The summed E-state index contributed by atoms with van der Waals surface area (Å²) in [6.45, 7) is 2.70. The zero-order valence-corrected chi connectivity index (χ0v) is 15.5. The molecule has 2 saturated heterocycles.